The lowest BCUT2D eigenvalue weighted by molar-refractivity contribution is -0.127. The van der Waals surface area contributed by atoms with E-state index in [0.29, 0.717) is 0 Å². The molecule has 1 aliphatic rings. The van der Waals surface area contributed by atoms with Crippen molar-refractivity contribution in [1.29, 1.82) is 0 Å². The van der Waals surface area contributed by atoms with E-state index in [1.165, 1.54) is 18.2 Å². The van der Waals surface area contributed by atoms with Crippen molar-refractivity contribution in [1.82, 2.24) is 14.8 Å². The molecule has 4 amide bonds. The highest BCUT2D eigenvalue weighted by Crippen LogP contribution is 2.28. The SMILES string of the molecule is CC[C@H](C)n1cc(/C=C2/NC(=O)N(CC(=O)Nc3ccccc3F)C2=O)c2ccccc21. The number of hydrogen-bond donors (Lipinski definition) is 2. The molecule has 1 fully saturated rings. The Morgan fingerprint density at radius 3 is 2.62 bits per heavy atom. The molecule has 4 rings (SSSR count). The third-order valence-electron chi connectivity index (χ3n) is 5.55. The van der Waals surface area contributed by atoms with Crippen molar-refractivity contribution in [3.63, 3.8) is 0 Å². The van der Waals surface area contributed by atoms with Crippen LogP contribution >= 0.6 is 0 Å². The van der Waals surface area contributed by atoms with Crippen LogP contribution in [0.1, 0.15) is 31.9 Å². The molecule has 32 heavy (non-hydrogen) atoms. The number of nitrogens with zero attached hydrogens (tertiary/aromatic N) is 2. The van der Waals surface area contributed by atoms with Crippen LogP contribution in [0.4, 0.5) is 14.9 Å². The molecule has 3 aromatic rings. The highest BCUT2D eigenvalue weighted by Gasteiger charge is 2.35. The van der Waals surface area contributed by atoms with Crippen molar-refractivity contribution in [2.45, 2.75) is 26.3 Å². The smallest absolute Gasteiger partial charge is 0.329 e. The number of hydrogen-bond acceptors (Lipinski definition) is 3. The summed E-state index contributed by atoms with van der Waals surface area (Å²) in [4.78, 5) is 38.3. The molecule has 1 aliphatic heterocycles. The van der Waals surface area contributed by atoms with E-state index in [1.807, 2.05) is 30.5 Å². The number of carbonyl (C=O) groups excluding carboxylic acids is 3. The van der Waals surface area contributed by atoms with Gasteiger partial charge in [-0.05, 0) is 37.6 Å². The summed E-state index contributed by atoms with van der Waals surface area (Å²) in [6, 6.07) is 13.1. The first-order valence-corrected chi connectivity index (χ1v) is 10.4. The van der Waals surface area contributed by atoms with Gasteiger partial charge in [0, 0.05) is 28.7 Å². The van der Waals surface area contributed by atoms with Gasteiger partial charge in [0.25, 0.3) is 5.91 Å². The maximum atomic E-state index is 13.7. The van der Waals surface area contributed by atoms with Crippen LogP contribution in [0.2, 0.25) is 0 Å². The van der Waals surface area contributed by atoms with Crippen LogP contribution in [0.5, 0.6) is 0 Å². The van der Waals surface area contributed by atoms with Crippen molar-refractivity contribution >= 4 is 40.5 Å². The highest BCUT2D eigenvalue weighted by molar-refractivity contribution is 6.16. The number of carbonyl (C=O) groups is 3. The Hall–Kier alpha value is -3.94. The average molecular weight is 434 g/mol. The highest BCUT2D eigenvalue weighted by atomic mass is 19.1. The molecule has 1 aromatic heterocycles. The second kappa shape index (κ2) is 8.66. The summed E-state index contributed by atoms with van der Waals surface area (Å²) in [7, 11) is 0. The molecule has 0 saturated carbocycles. The maximum absolute atomic E-state index is 13.7. The average Bonchev–Trinajstić information content (AvgIpc) is 3.28. The zero-order valence-electron chi connectivity index (χ0n) is 17.8. The molecule has 164 valence electrons. The van der Waals surface area contributed by atoms with Gasteiger partial charge in [-0.2, -0.15) is 0 Å². The van der Waals surface area contributed by atoms with E-state index >= 15 is 0 Å². The van der Waals surface area contributed by atoms with Gasteiger partial charge in [-0.25, -0.2) is 14.1 Å². The molecule has 2 heterocycles. The summed E-state index contributed by atoms with van der Waals surface area (Å²) in [6.07, 6.45) is 4.52. The Morgan fingerprint density at radius 1 is 1.16 bits per heavy atom. The monoisotopic (exact) mass is 434 g/mol. The molecule has 1 atom stereocenters. The second-order valence-corrected chi connectivity index (χ2v) is 7.67. The Balaban J connectivity index is 1.57. The van der Waals surface area contributed by atoms with Crippen LogP contribution in [-0.2, 0) is 9.59 Å². The summed E-state index contributed by atoms with van der Waals surface area (Å²) in [5.74, 6) is -1.89. The number of para-hydroxylation sites is 2. The Bertz CT molecular complexity index is 1250. The Kier molecular flexibility index (Phi) is 5.77. The Labute approximate surface area is 184 Å². The van der Waals surface area contributed by atoms with E-state index in [9.17, 15) is 18.8 Å². The summed E-state index contributed by atoms with van der Waals surface area (Å²) in [5.41, 5.74) is 1.90. The van der Waals surface area contributed by atoms with Gasteiger partial charge in [0.1, 0.15) is 18.1 Å². The first kappa shape index (κ1) is 21.3. The minimum atomic E-state index is -0.699. The molecule has 1 saturated heterocycles. The predicted molar refractivity (Wildman–Crippen MR) is 120 cm³/mol. The Morgan fingerprint density at radius 2 is 1.88 bits per heavy atom. The number of anilines is 1. The lowest BCUT2D eigenvalue weighted by atomic mass is 10.1. The van der Waals surface area contributed by atoms with E-state index in [1.54, 1.807) is 12.1 Å². The third kappa shape index (κ3) is 3.99. The summed E-state index contributed by atoms with van der Waals surface area (Å²) in [6.45, 7) is 3.69. The normalized spacial score (nSPS) is 16.0. The summed E-state index contributed by atoms with van der Waals surface area (Å²) >= 11 is 0. The third-order valence-corrected chi connectivity index (χ3v) is 5.55. The van der Waals surface area contributed by atoms with Crippen molar-refractivity contribution in [3.05, 3.63) is 71.8 Å². The van der Waals surface area contributed by atoms with Crippen molar-refractivity contribution in [2.24, 2.45) is 0 Å². The maximum Gasteiger partial charge on any atom is 0.329 e. The van der Waals surface area contributed by atoms with E-state index in [0.717, 1.165) is 27.8 Å². The topological polar surface area (TPSA) is 83.4 Å². The molecule has 0 aliphatic carbocycles. The number of fused-ring (bicyclic) bond motifs is 1. The minimum Gasteiger partial charge on any atom is -0.344 e. The fourth-order valence-corrected chi connectivity index (χ4v) is 3.67. The number of amides is 4. The minimum absolute atomic E-state index is 0.0156. The van der Waals surface area contributed by atoms with Gasteiger partial charge < -0.3 is 15.2 Å². The number of imide groups is 1. The molecule has 7 nitrogen and oxygen atoms in total. The fourth-order valence-electron chi connectivity index (χ4n) is 3.67. The predicted octanol–water partition coefficient (Wildman–Crippen LogP) is 4.28. The van der Waals surface area contributed by atoms with Gasteiger partial charge in [0.05, 0.1) is 5.69 Å². The van der Waals surface area contributed by atoms with Crippen LogP contribution in [-0.4, -0.2) is 33.9 Å². The van der Waals surface area contributed by atoms with Crippen LogP contribution in [0.15, 0.2) is 60.4 Å². The second-order valence-electron chi connectivity index (χ2n) is 7.67. The molecule has 0 unspecified atom stereocenters. The number of halogens is 1. The zero-order valence-corrected chi connectivity index (χ0v) is 17.8. The number of benzene rings is 2. The molecule has 0 bridgehead atoms. The van der Waals surface area contributed by atoms with E-state index < -0.39 is 30.2 Å². The number of nitrogens with one attached hydrogen (secondary N) is 2. The van der Waals surface area contributed by atoms with Gasteiger partial charge in [0.15, 0.2) is 0 Å². The van der Waals surface area contributed by atoms with Crippen molar-refractivity contribution in [2.75, 3.05) is 11.9 Å². The van der Waals surface area contributed by atoms with E-state index in [2.05, 4.69) is 29.0 Å². The molecular formula is C24H23FN4O3. The molecule has 2 aromatic carbocycles. The van der Waals surface area contributed by atoms with Crippen LogP contribution in [0.25, 0.3) is 17.0 Å². The molecule has 8 heteroatoms. The van der Waals surface area contributed by atoms with Gasteiger partial charge in [0.2, 0.25) is 5.91 Å². The summed E-state index contributed by atoms with van der Waals surface area (Å²) in [5, 5.41) is 5.87. The summed E-state index contributed by atoms with van der Waals surface area (Å²) < 4.78 is 15.9. The lowest BCUT2D eigenvalue weighted by Crippen LogP contribution is -2.38. The van der Waals surface area contributed by atoms with Crippen LogP contribution in [0, 0.1) is 5.82 Å². The standard InChI is InChI=1S/C24H23FN4O3/c1-3-15(2)28-13-16(17-8-4-7-11-21(17)28)12-20-23(31)29(24(32)27-20)14-22(30)26-19-10-6-5-9-18(19)25/h4-13,15H,3,14H2,1-2H3,(H,26,30)(H,27,32)/b20-12+/t15-/m0/s1. The van der Waals surface area contributed by atoms with E-state index in [-0.39, 0.29) is 17.4 Å². The molecular weight excluding hydrogens is 411 g/mol. The van der Waals surface area contributed by atoms with Gasteiger partial charge in [-0.15, -0.1) is 0 Å². The first-order chi connectivity index (χ1) is 15.4. The number of rotatable bonds is 6. The molecule has 0 spiro atoms. The van der Waals surface area contributed by atoms with E-state index in [4.69, 9.17) is 0 Å². The number of urea groups is 1. The van der Waals surface area contributed by atoms with Crippen molar-refractivity contribution < 1.29 is 18.8 Å². The quantitative estimate of drug-likeness (QED) is 0.449. The fraction of sp³-hybridized carbons (Fsp3) is 0.208. The van der Waals surface area contributed by atoms with Gasteiger partial charge in [-0.3, -0.25) is 9.59 Å². The number of aromatic nitrogens is 1. The van der Waals surface area contributed by atoms with Crippen LogP contribution in [0.3, 0.4) is 0 Å². The van der Waals surface area contributed by atoms with Gasteiger partial charge in [-0.1, -0.05) is 37.3 Å². The van der Waals surface area contributed by atoms with Crippen LogP contribution < -0.4 is 10.6 Å². The van der Waals surface area contributed by atoms with Crippen molar-refractivity contribution in [3.8, 4) is 0 Å². The zero-order chi connectivity index (χ0) is 22.8. The molecule has 2 N–H and O–H groups in total. The lowest BCUT2D eigenvalue weighted by Gasteiger charge is -2.12. The first-order valence-electron chi connectivity index (χ1n) is 10.4. The van der Waals surface area contributed by atoms with Gasteiger partial charge >= 0.3 is 6.03 Å². The molecule has 0 radical (unpaired) electrons. The largest absolute Gasteiger partial charge is 0.344 e.